The van der Waals surface area contributed by atoms with Crippen molar-refractivity contribution >= 4 is 33.9 Å². The monoisotopic (exact) mass is 427 g/mol. The Morgan fingerprint density at radius 3 is 2.25 bits per heavy atom. The first-order chi connectivity index (χ1) is 15.4. The number of aryl methyl sites for hydroxylation is 1. The minimum atomic E-state index is -1.04. The maximum Gasteiger partial charge on any atom is 0.336 e. The topological polar surface area (TPSA) is 101 Å². The molecule has 7 nitrogen and oxygen atoms in total. The molecule has 0 fully saturated rings. The second-order valence-electron chi connectivity index (χ2n) is 7.28. The van der Waals surface area contributed by atoms with Gasteiger partial charge in [0.15, 0.2) is 5.78 Å². The summed E-state index contributed by atoms with van der Waals surface area (Å²) in [4.78, 5) is 37.6. The predicted octanol–water partition coefficient (Wildman–Crippen LogP) is 4.73. The van der Waals surface area contributed by atoms with E-state index in [4.69, 9.17) is 0 Å². The van der Waals surface area contributed by atoms with Crippen LogP contribution < -0.4 is 10.9 Å². The Balaban J connectivity index is 1.99. The zero-order valence-corrected chi connectivity index (χ0v) is 17.6. The summed E-state index contributed by atoms with van der Waals surface area (Å²) in [5.74, 6) is -1.34. The third-order valence-corrected chi connectivity index (χ3v) is 5.27. The van der Waals surface area contributed by atoms with Crippen molar-refractivity contribution in [2.24, 2.45) is 0 Å². The largest absolute Gasteiger partial charge is 0.478 e. The molecule has 4 rings (SSSR count). The van der Waals surface area contributed by atoms with Gasteiger partial charge in [-0.15, -0.1) is 0 Å². The normalized spacial score (nSPS) is 10.8. The number of nitrogens with zero attached hydrogens (tertiary/aromatic N) is 2. The quantitative estimate of drug-likeness (QED) is 0.432. The summed E-state index contributed by atoms with van der Waals surface area (Å²) in [7, 11) is 0. The van der Waals surface area contributed by atoms with Crippen LogP contribution in [-0.4, -0.2) is 26.6 Å². The Bertz CT molecular complexity index is 1410. The van der Waals surface area contributed by atoms with Crippen molar-refractivity contribution in [2.45, 2.75) is 20.4 Å². The van der Waals surface area contributed by atoms with Crippen molar-refractivity contribution in [3.8, 4) is 11.3 Å². The van der Waals surface area contributed by atoms with Crippen LogP contribution in [-0.2, 0) is 6.54 Å². The first kappa shape index (κ1) is 21.0. The third-order valence-electron chi connectivity index (χ3n) is 5.27. The first-order valence-electron chi connectivity index (χ1n) is 10.2. The highest BCUT2D eigenvalue weighted by atomic mass is 16.4. The lowest BCUT2D eigenvalue weighted by Gasteiger charge is -2.17. The smallest absolute Gasteiger partial charge is 0.336 e. The zero-order chi connectivity index (χ0) is 22.8. The standard InChI is InChI=1S/C25H21N3O4/c1-3-28-24(30)23(21(15(2)29)22(27-28)16-9-5-4-6-10-16)26-20-14-13-19(25(31)32)17-11-7-8-12-18(17)20/h4-14,26H,3H2,1-2H3,(H,31,32). The average Bonchev–Trinajstić information content (AvgIpc) is 2.80. The van der Waals surface area contributed by atoms with E-state index >= 15 is 0 Å². The van der Waals surface area contributed by atoms with Gasteiger partial charge in [0.2, 0.25) is 0 Å². The maximum atomic E-state index is 13.2. The number of rotatable bonds is 6. The van der Waals surface area contributed by atoms with Gasteiger partial charge in [-0.05, 0) is 31.4 Å². The van der Waals surface area contributed by atoms with E-state index in [0.717, 1.165) is 0 Å². The lowest BCUT2D eigenvalue weighted by Crippen LogP contribution is -2.28. The van der Waals surface area contributed by atoms with E-state index in [1.807, 2.05) is 30.3 Å². The van der Waals surface area contributed by atoms with Crippen LogP contribution in [0.5, 0.6) is 0 Å². The summed E-state index contributed by atoms with van der Waals surface area (Å²) >= 11 is 0. The maximum absolute atomic E-state index is 13.2. The fourth-order valence-electron chi connectivity index (χ4n) is 3.77. The number of carbonyl (C=O) groups is 2. The number of hydrogen-bond donors (Lipinski definition) is 2. The molecule has 0 bridgehead atoms. The zero-order valence-electron chi connectivity index (χ0n) is 17.6. The van der Waals surface area contributed by atoms with Gasteiger partial charge in [0.1, 0.15) is 11.4 Å². The van der Waals surface area contributed by atoms with Gasteiger partial charge in [0.25, 0.3) is 5.56 Å². The van der Waals surface area contributed by atoms with Gasteiger partial charge in [0.05, 0.1) is 11.1 Å². The highest BCUT2D eigenvalue weighted by Crippen LogP contribution is 2.32. The minimum Gasteiger partial charge on any atom is -0.478 e. The molecule has 3 aromatic carbocycles. The Kier molecular flexibility index (Phi) is 5.55. The van der Waals surface area contributed by atoms with Crippen LogP contribution in [0.4, 0.5) is 11.4 Å². The molecule has 0 spiro atoms. The van der Waals surface area contributed by atoms with E-state index in [1.54, 1.807) is 37.3 Å². The van der Waals surface area contributed by atoms with Crippen molar-refractivity contribution in [1.82, 2.24) is 9.78 Å². The van der Waals surface area contributed by atoms with Gasteiger partial charge in [-0.3, -0.25) is 9.59 Å². The van der Waals surface area contributed by atoms with E-state index in [9.17, 15) is 19.5 Å². The fourth-order valence-corrected chi connectivity index (χ4v) is 3.77. The number of nitrogens with one attached hydrogen (secondary N) is 1. The van der Waals surface area contributed by atoms with E-state index in [-0.39, 0.29) is 22.6 Å². The lowest BCUT2D eigenvalue weighted by molar-refractivity contribution is 0.0699. The van der Waals surface area contributed by atoms with Gasteiger partial charge in [-0.1, -0.05) is 54.6 Å². The fraction of sp³-hybridized carbons (Fsp3) is 0.120. The van der Waals surface area contributed by atoms with Crippen molar-refractivity contribution in [3.05, 3.63) is 88.2 Å². The number of carboxylic acids is 1. The van der Waals surface area contributed by atoms with Crippen molar-refractivity contribution in [2.75, 3.05) is 5.32 Å². The summed E-state index contributed by atoms with van der Waals surface area (Å²) in [6, 6.07) is 19.3. The number of aromatic nitrogens is 2. The lowest BCUT2D eigenvalue weighted by atomic mass is 10.0. The molecule has 0 saturated heterocycles. The van der Waals surface area contributed by atoms with Crippen LogP contribution in [0.25, 0.3) is 22.0 Å². The second-order valence-corrected chi connectivity index (χ2v) is 7.28. The molecular formula is C25H21N3O4. The summed E-state index contributed by atoms with van der Waals surface area (Å²) in [6.45, 7) is 3.53. The highest BCUT2D eigenvalue weighted by molar-refractivity contribution is 6.10. The van der Waals surface area contributed by atoms with Crippen molar-refractivity contribution in [1.29, 1.82) is 0 Å². The summed E-state index contributed by atoms with van der Waals surface area (Å²) in [5, 5.41) is 18.3. The molecule has 0 radical (unpaired) electrons. The molecule has 0 saturated carbocycles. The summed E-state index contributed by atoms with van der Waals surface area (Å²) in [6.07, 6.45) is 0. The number of Topliss-reactive ketones (excluding diaryl/α,β-unsaturated/α-hetero) is 1. The van der Waals surface area contributed by atoms with E-state index in [2.05, 4.69) is 10.4 Å². The Hall–Kier alpha value is -4.26. The third kappa shape index (κ3) is 3.65. The first-order valence-corrected chi connectivity index (χ1v) is 10.2. The van der Waals surface area contributed by atoms with Crippen LogP contribution in [0, 0.1) is 0 Å². The average molecular weight is 427 g/mol. The highest BCUT2D eigenvalue weighted by Gasteiger charge is 2.22. The second kappa shape index (κ2) is 8.47. The van der Waals surface area contributed by atoms with Gasteiger partial charge in [-0.2, -0.15) is 5.10 Å². The molecule has 2 N–H and O–H groups in total. The molecule has 0 aliphatic carbocycles. The molecule has 1 heterocycles. The Morgan fingerprint density at radius 2 is 1.62 bits per heavy atom. The molecule has 1 aromatic heterocycles. The van der Waals surface area contributed by atoms with Gasteiger partial charge in [-0.25, -0.2) is 9.48 Å². The van der Waals surface area contributed by atoms with Crippen LogP contribution in [0.3, 0.4) is 0 Å². The molecule has 160 valence electrons. The van der Waals surface area contributed by atoms with E-state index < -0.39 is 11.5 Å². The molecular weight excluding hydrogens is 406 g/mol. The Labute approximate surface area is 183 Å². The number of fused-ring (bicyclic) bond motifs is 1. The predicted molar refractivity (Wildman–Crippen MR) is 124 cm³/mol. The molecule has 0 unspecified atom stereocenters. The van der Waals surface area contributed by atoms with E-state index in [1.165, 1.54) is 17.7 Å². The number of aromatic carboxylic acids is 1. The van der Waals surface area contributed by atoms with Crippen molar-refractivity contribution in [3.63, 3.8) is 0 Å². The number of benzene rings is 3. The van der Waals surface area contributed by atoms with Gasteiger partial charge < -0.3 is 10.4 Å². The number of ketones is 1. The number of hydrogen-bond acceptors (Lipinski definition) is 5. The molecule has 32 heavy (non-hydrogen) atoms. The van der Waals surface area contributed by atoms with Gasteiger partial charge >= 0.3 is 5.97 Å². The minimum absolute atomic E-state index is 0.112. The van der Waals surface area contributed by atoms with Crippen LogP contribution in [0.15, 0.2) is 71.5 Å². The molecule has 7 heteroatoms. The van der Waals surface area contributed by atoms with Crippen molar-refractivity contribution < 1.29 is 14.7 Å². The van der Waals surface area contributed by atoms with E-state index in [0.29, 0.717) is 34.3 Å². The Morgan fingerprint density at radius 1 is 0.969 bits per heavy atom. The van der Waals surface area contributed by atoms with Crippen LogP contribution in [0.2, 0.25) is 0 Å². The summed E-state index contributed by atoms with van der Waals surface area (Å²) in [5.41, 5.74) is 1.69. The molecule has 0 aliphatic heterocycles. The molecule has 0 atom stereocenters. The SMILES string of the molecule is CCn1nc(-c2ccccc2)c(C(C)=O)c(Nc2ccc(C(=O)O)c3ccccc23)c1=O. The summed E-state index contributed by atoms with van der Waals surface area (Å²) < 4.78 is 1.31. The number of carboxylic acid groups (broad SMARTS) is 1. The van der Waals surface area contributed by atoms with Gasteiger partial charge in [0, 0.05) is 23.2 Å². The molecule has 0 aliphatic rings. The van der Waals surface area contributed by atoms with Crippen LogP contribution in [0.1, 0.15) is 34.6 Å². The molecule has 0 amide bonds. The van der Waals surface area contributed by atoms with Crippen LogP contribution >= 0.6 is 0 Å². The molecule has 4 aromatic rings. The number of carbonyl (C=O) groups excluding carboxylic acids is 1. The number of anilines is 2.